The standard InChI is InChI=1S/C54H98N12O10/c1-31(2)43(64-46(67)34-19-7-10-22-37(34)58)51(72)61-40(25-13-16-28-55)49(70)59-38-23-11-8-20-35(38)47(68)65-44(32(3)4)52(73)62-41(26-14-17-29-56)50(71)60-39-24-12-9-21-36(39)48(69)66-45(33(5)6)53(74)63-42(54(75)76)27-15-18-30-57/h31-45H,7-30,55-58H2,1-6H3,(H,59,70)(H,60,71)(H,61,72)(H,62,73)(H,63,74)(H,64,67)(H,65,68)(H,66,69)(H,75,76)/t34?,35?,36?,37?,38?,39?,40-,41-,42-,43-,44-,45-/m0/s1. The van der Waals surface area contributed by atoms with Crippen LogP contribution in [0.1, 0.15) is 176 Å². The molecule has 434 valence electrons. The van der Waals surface area contributed by atoms with Crippen molar-refractivity contribution in [3.63, 3.8) is 0 Å². The van der Waals surface area contributed by atoms with Crippen molar-refractivity contribution in [3.8, 4) is 0 Å². The predicted octanol–water partition coefficient (Wildman–Crippen LogP) is 1.20. The molecule has 0 radical (unpaired) electrons. The maximum atomic E-state index is 14.3. The molecule has 0 aliphatic heterocycles. The number of unbranched alkanes of at least 4 members (excludes halogenated alkanes) is 3. The van der Waals surface area contributed by atoms with Gasteiger partial charge in [0.25, 0.3) is 0 Å². The van der Waals surface area contributed by atoms with Gasteiger partial charge >= 0.3 is 5.97 Å². The molecule has 3 saturated carbocycles. The van der Waals surface area contributed by atoms with Crippen molar-refractivity contribution < 1.29 is 48.3 Å². The van der Waals surface area contributed by atoms with E-state index in [9.17, 15) is 48.3 Å². The van der Waals surface area contributed by atoms with Crippen LogP contribution in [0.5, 0.6) is 0 Å². The molecule has 0 aromatic rings. The first-order valence-electron chi connectivity index (χ1n) is 28.7. The van der Waals surface area contributed by atoms with Gasteiger partial charge in [0.05, 0.1) is 17.8 Å². The molecule has 17 N–H and O–H groups in total. The number of nitrogens with two attached hydrogens (primary N) is 4. The van der Waals surface area contributed by atoms with Crippen LogP contribution in [-0.2, 0) is 43.2 Å². The fourth-order valence-electron chi connectivity index (χ4n) is 10.7. The zero-order chi connectivity index (χ0) is 56.5. The normalized spacial score (nSPS) is 23.2. The zero-order valence-corrected chi connectivity index (χ0v) is 46.6. The minimum absolute atomic E-state index is 0.184. The third-order valence-electron chi connectivity index (χ3n) is 15.5. The Morgan fingerprint density at radius 3 is 1.04 bits per heavy atom. The zero-order valence-electron chi connectivity index (χ0n) is 46.6. The molecule has 0 bridgehead atoms. The van der Waals surface area contributed by atoms with E-state index in [-0.39, 0.29) is 37.1 Å². The van der Waals surface area contributed by atoms with Gasteiger partial charge in [-0.15, -0.1) is 0 Å². The molecule has 0 spiro atoms. The average molecular weight is 1080 g/mol. The fraction of sp³-hybridized carbons (Fsp3) is 0.833. The van der Waals surface area contributed by atoms with Crippen LogP contribution in [0.2, 0.25) is 0 Å². The Hall–Kier alpha value is -4.93. The lowest BCUT2D eigenvalue weighted by Crippen LogP contribution is -2.60. The number of hydrogen-bond acceptors (Lipinski definition) is 13. The van der Waals surface area contributed by atoms with Crippen LogP contribution in [0.3, 0.4) is 0 Å². The molecule has 0 heterocycles. The molecule has 3 rings (SSSR count). The largest absolute Gasteiger partial charge is 0.480 e. The van der Waals surface area contributed by atoms with E-state index in [1.54, 1.807) is 27.7 Å². The topological polar surface area (TPSA) is 374 Å². The number of amides is 8. The Balaban J connectivity index is 1.75. The van der Waals surface area contributed by atoms with E-state index >= 15 is 0 Å². The van der Waals surface area contributed by atoms with Gasteiger partial charge in [0, 0.05) is 18.1 Å². The summed E-state index contributed by atoms with van der Waals surface area (Å²) in [5.74, 6) is -7.98. The molecule has 12 atom stereocenters. The molecule has 3 aliphatic rings. The predicted molar refractivity (Wildman–Crippen MR) is 290 cm³/mol. The van der Waals surface area contributed by atoms with E-state index in [1.165, 1.54) is 0 Å². The van der Waals surface area contributed by atoms with Gasteiger partial charge in [-0.2, -0.15) is 0 Å². The fourth-order valence-corrected chi connectivity index (χ4v) is 10.7. The molecule has 76 heavy (non-hydrogen) atoms. The maximum absolute atomic E-state index is 14.3. The first-order chi connectivity index (χ1) is 36.1. The molecule has 8 amide bonds. The van der Waals surface area contributed by atoms with Gasteiger partial charge in [-0.1, -0.05) is 80.1 Å². The molecule has 3 aliphatic carbocycles. The van der Waals surface area contributed by atoms with Gasteiger partial charge in [0.2, 0.25) is 47.3 Å². The van der Waals surface area contributed by atoms with Crippen molar-refractivity contribution in [2.75, 3.05) is 19.6 Å². The second-order valence-corrected chi connectivity index (χ2v) is 22.6. The third kappa shape index (κ3) is 21.1. The Labute approximate surface area is 451 Å². The summed E-state index contributed by atoms with van der Waals surface area (Å²) < 4.78 is 0. The Morgan fingerprint density at radius 1 is 0.408 bits per heavy atom. The summed E-state index contributed by atoms with van der Waals surface area (Å²) in [7, 11) is 0. The highest BCUT2D eigenvalue weighted by molar-refractivity contribution is 5.95. The van der Waals surface area contributed by atoms with Gasteiger partial charge in [-0.3, -0.25) is 38.4 Å². The van der Waals surface area contributed by atoms with Crippen LogP contribution in [0, 0.1) is 35.5 Å². The summed E-state index contributed by atoms with van der Waals surface area (Å²) in [4.78, 5) is 124. The Morgan fingerprint density at radius 2 is 0.711 bits per heavy atom. The van der Waals surface area contributed by atoms with Crippen molar-refractivity contribution >= 4 is 53.2 Å². The molecule has 0 aromatic carbocycles. The van der Waals surface area contributed by atoms with Gasteiger partial charge in [-0.05, 0) is 134 Å². The van der Waals surface area contributed by atoms with Crippen LogP contribution < -0.4 is 65.5 Å². The molecular formula is C54H98N12O10. The van der Waals surface area contributed by atoms with Crippen molar-refractivity contribution in [1.29, 1.82) is 0 Å². The number of carboxylic acids is 1. The quantitative estimate of drug-likeness (QED) is 0.0422. The molecule has 0 saturated heterocycles. The van der Waals surface area contributed by atoms with Crippen molar-refractivity contribution in [2.24, 2.45) is 58.4 Å². The third-order valence-corrected chi connectivity index (χ3v) is 15.5. The van der Waals surface area contributed by atoms with E-state index in [2.05, 4.69) is 42.5 Å². The van der Waals surface area contributed by atoms with Crippen LogP contribution >= 0.6 is 0 Å². The van der Waals surface area contributed by atoms with E-state index in [1.807, 2.05) is 13.8 Å². The second kappa shape index (κ2) is 34.1. The summed E-state index contributed by atoms with van der Waals surface area (Å²) in [6, 6.07) is -7.75. The number of hydrogen-bond donors (Lipinski definition) is 13. The van der Waals surface area contributed by atoms with Gasteiger partial charge in [0.15, 0.2) is 0 Å². The highest BCUT2D eigenvalue weighted by Crippen LogP contribution is 2.28. The Kier molecular flexibility index (Phi) is 29.3. The number of aliphatic carboxylic acids is 1. The molecular weight excluding hydrogens is 977 g/mol. The van der Waals surface area contributed by atoms with E-state index in [0.29, 0.717) is 103 Å². The van der Waals surface area contributed by atoms with Crippen LogP contribution in [-0.4, -0.2) is 132 Å². The summed E-state index contributed by atoms with van der Waals surface area (Å²) in [5.41, 5.74) is 23.5. The number of nitrogens with one attached hydrogen (secondary N) is 8. The minimum Gasteiger partial charge on any atom is -0.480 e. The Bertz CT molecular complexity index is 1890. The smallest absolute Gasteiger partial charge is 0.326 e. The van der Waals surface area contributed by atoms with Crippen LogP contribution in [0.15, 0.2) is 0 Å². The van der Waals surface area contributed by atoms with Crippen molar-refractivity contribution in [2.45, 2.75) is 231 Å². The SMILES string of the molecule is CC(C)[C@H](NC(=O)C1CCCCC1N)C(=O)N[C@@H](CCCCN)C(=O)NC1CCCCC1C(=O)N[C@H](C(=O)N[C@@H](CCCCN)C(=O)NC1CCCCC1C(=O)N[C@H](C(=O)N[C@@H](CCCCN)C(=O)O)C(C)C)C(C)C. The molecule has 0 aromatic heterocycles. The highest BCUT2D eigenvalue weighted by atomic mass is 16.4. The van der Waals surface area contributed by atoms with E-state index in [0.717, 1.165) is 32.1 Å². The summed E-state index contributed by atoms with van der Waals surface area (Å²) >= 11 is 0. The number of carboxylic acid groups (broad SMARTS) is 1. The lowest BCUT2D eigenvalue weighted by Gasteiger charge is -2.35. The lowest BCUT2D eigenvalue weighted by molar-refractivity contribution is -0.143. The van der Waals surface area contributed by atoms with E-state index < -0.39 is 125 Å². The van der Waals surface area contributed by atoms with Crippen LogP contribution in [0.4, 0.5) is 0 Å². The van der Waals surface area contributed by atoms with Gasteiger partial charge in [-0.25, -0.2) is 4.79 Å². The first-order valence-corrected chi connectivity index (χ1v) is 28.7. The summed E-state index contributed by atoms with van der Waals surface area (Å²) in [6.45, 7) is 11.8. The second-order valence-electron chi connectivity index (χ2n) is 22.6. The maximum Gasteiger partial charge on any atom is 0.326 e. The first kappa shape index (κ1) is 65.4. The van der Waals surface area contributed by atoms with Crippen molar-refractivity contribution in [3.05, 3.63) is 0 Å². The van der Waals surface area contributed by atoms with Gasteiger partial charge < -0.3 is 70.6 Å². The van der Waals surface area contributed by atoms with Crippen molar-refractivity contribution in [1.82, 2.24) is 42.5 Å². The average Bonchev–Trinajstić information content (AvgIpc) is 3.37. The molecule has 22 nitrogen and oxygen atoms in total. The minimum atomic E-state index is -1.19. The molecule has 3 fully saturated rings. The number of carbonyl (C=O) groups excluding carboxylic acids is 8. The monoisotopic (exact) mass is 1070 g/mol. The summed E-state index contributed by atoms with van der Waals surface area (Å²) in [5, 5.41) is 32.9. The van der Waals surface area contributed by atoms with E-state index in [4.69, 9.17) is 22.9 Å². The van der Waals surface area contributed by atoms with Gasteiger partial charge in [0.1, 0.15) is 36.3 Å². The summed E-state index contributed by atoms with van der Waals surface area (Å²) in [6.07, 6.45) is 11.9. The molecule has 22 heteroatoms. The number of carbonyl (C=O) groups is 9. The number of rotatable bonds is 32. The van der Waals surface area contributed by atoms with Crippen LogP contribution in [0.25, 0.3) is 0 Å². The molecule has 6 unspecified atom stereocenters. The highest BCUT2D eigenvalue weighted by Gasteiger charge is 2.40. The lowest BCUT2D eigenvalue weighted by atomic mass is 9.83.